The van der Waals surface area contributed by atoms with Crippen molar-refractivity contribution < 1.29 is 4.79 Å². The number of amides is 1. The molecule has 5 nitrogen and oxygen atoms in total. The lowest BCUT2D eigenvalue weighted by Gasteiger charge is -2.06. The lowest BCUT2D eigenvalue weighted by Crippen LogP contribution is -2.27. The van der Waals surface area contributed by atoms with Gasteiger partial charge in [0.05, 0.1) is 0 Å². The molecule has 1 fully saturated rings. The molecular formula is C11H18N4O. The summed E-state index contributed by atoms with van der Waals surface area (Å²) in [5.74, 6) is 0.724. The molecule has 1 atom stereocenters. The molecule has 2 rings (SSSR count). The van der Waals surface area contributed by atoms with Crippen LogP contribution in [0.4, 0.5) is 5.82 Å². The van der Waals surface area contributed by atoms with Gasteiger partial charge in [0.1, 0.15) is 5.56 Å². The molecule has 0 aromatic carbocycles. The third-order valence-corrected chi connectivity index (χ3v) is 3.43. The van der Waals surface area contributed by atoms with E-state index in [2.05, 4.69) is 29.4 Å². The van der Waals surface area contributed by atoms with Gasteiger partial charge in [0.15, 0.2) is 5.82 Å². The van der Waals surface area contributed by atoms with E-state index in [9.17, 15) is 4.79 Å². The van der Waals surface area contributed by atoms with Gasteiger partial charge in [-0.15, -0.1) is 0 Å². The van der Waals surface area contributed by atoms with Crippen LogP contribution >= 0.6 is 0 Å². The lowest BCUT2D eigenvalue weighted by molar-refractivity contribution is 0.0951. The topological polar surface area (TPSA) is 83.8 Å². The van der Waals surface area contributed by atoms with Gasteiger partial charge in [0.2, 0.25) is 0 Å². The van der Waals surface area contributed by atoms with Crippen molar-refractivity contribution in [3.05, 3.63) is 11.3 Å². The van der Waals surface area contributed by atoms with Crippen molar-refractivity contribution in [2.24, 2.45) is 11.3 Å². The molecule has 0 radical (unpaired) electrons. The van der Waals surface area contributed by atoms with Gasteiger partial charge in [0.25, 0.3) is 5.91 Å². The Morgan fingerprint density at radius 3 is 2.75 bits per heavy atom. The summed E-state index contributed by atoms with van der Waals surface area (Å²) in [5.41, 5.74) is 7.18. The SMILES string of the molecule is Cc1[nH]nc(N)c1C(=O)NCC1CC1(C)C. The maximum atomic E-state index is 11.8. The Kier molecular flexibility index (Phi) is 2.40. The van der Waals surface area contributed by atoms with Crippen molar-refractivity contribution in [2.75, 3.05) is 12.3 Å². The molecule has 88 valence electrons. The zero-order valence-electron chi connectivity index (χ0n) is 9.92. The number of hydrogen-bond acceptors (Lipinski definition) is 3. The highest BCUT2D eigenvalue weighted by Gasteiger charge is 2.45. The zero-order chi connectivity index (χ0) is 11.9. The molecular weight excluding hydrogens is 204 g/mol. The van der Waals surface area contributed by atoms with E-state index in [1.165, 1.54) is 6.42 Å². The second-order valence-electron chi connectivity index (χ2n) is 5.21. The normalized spacial score (nSPS) is 21.8. The molecule has 0 saturated heterocycles. The molecule has 1 aliphatic rings. The molecule has 0 spiro atoms. The molecule has 1 heterocycles. The molecule has 1 saturated carbocycles. The summed E-state index contributed by atoms with van der Waals surface area (Å²) in [4.78, 5) is 11.8. The van der Waals surface area contributed by atoms with Crippen LogP contribution in [0.5, 0.6) is 0 Å². The van der Waals surface area contributed by atoms with E-state index in [1.807, 2.05) is 0 Å². The number of nitrogen functional groups attached to an aromatic ring is 1. The average molecular weight is 222 g/mol. The number of aryl methyl sites for hydroxylation is 1. The highest BCUT2D eigenvalue weighted by Crippen LogP contribution is 2.50. The van der Waals surface area contributed by atoms with Crippen molar-refractivity contribution in [3.63, 3.8) is 0 Å². The summed E-state index contributed by atoms with van der Waals surface area (Å²) in [6.45, 7) is 6.93. The van der Waals surface area contributed by atoms with Crippen LogP contribution in [0.1, 0.15) is 36.3 Å². The van der Waals surface area contributed by atoms with E-state index >= 15 is 0 Å². The third kappa shape index (κ3) is 1.89. The van der Waals surface area contributed by atoms with E-state index in [4.69, 9.17) is 5.73 Å². The second kappa shape index (κ2) is 3.50. The Balaban J connectivity index is 1.94. The molecule has 4 N–H and O–H groups in total. The Hall–Kier alpha value is -1.52. The molecule has 1 unspecified atom stereocenters. The van der Waals surface area contributed by atoms with Gasteiger partial charge < -0.3 is 11.1 Å². The highest BCUT2D eigenvalue weighted by molar-refractivity contribution is 5.99. The van der Waals surface area contributed by atoms with Crippen LogP contribution in [0, 0.1) is 18.3 Å². The molecule has 16 heavy (non-hydrogen) atoms. The summed E-state index contributed by atoms with van der Waals surface area (Å²) in [6.07, 6.45) is 1.17. The van der Waals surface area contributed by atoms with Gasteiger partial charge in [-0.3, -0.25) is 9.89 Å². The molecule has 0 aliphatic heterocycles. The molecule has 1 amide bonds. The van der Waals surface area contributed by atoms with Gasteiger partial charge in [-0.1, -0.05) is 13.8 Å². The number of anilines is 1. The molecule has 1 aromatic rings. The maximum absolute atomic E-state index is 11.8. The Labute approximate surface area is 94.8 Å². The summed E-state index contributed by atoms with van der Waals surface area (Å²) in [7, 11) is 0. The van der Waals surface area contributed by atoms with Crippen LogP contribution in [0.25, 0.3) is 0 Å². The van der Waals surface area contributed by atoms with E-state index in [0.717, 1.165) is 6.54 Å². The van der Waals surface area contributed by atoms with E-state index in [1.54, 1.807) is 6.92 Å². The minimum Gasteiger partial charge on any atom is -0.382 e. The van der Waals surface area contributed by atoms with Gasteiger partial charge in [-0.25, -0.2) is 0 Å². The van der Waals surface area contributed by atoms with Crippen LogP contribution in [0.3, 0.4) is 0 Å². The van der Waals surface area contributed by atoms with Crippen molar-refractivity contribution >= 4 is 11.7 Å². The number of carbonyl (C=O) groups is 1. The fraction of sp³-hybridized carbons (Fsp3) is 0.636. The number of H-pyrrole nitrogens is 1. The van der Waals surface area contributed by atoms with Crippen LogP contribution in [-0.4, -0.2) is 22.6 Å². The number of carbonyl (C=O) groups excluding carboxylic acids is 1. The minimum atomic E-state index is -0.133. The number of rotatable bonds is 3. The average Bonchev–Trinajstić information content (AvgIpc) is 2.66. The summed E-state index contributed by atoms with van der Waals surface area (Å²) < 4.78 is 0. The van der Waals surface area contributed by atoms with Gasteiger partial charge >= 0.3 is 0 Å². The number of nitrogens with zero attached hydrogens (tertiary/aromatic N) is 1. The first-order chi connectivity index (χ1) is 7.42. The maximum Gasteiger partial charge on any atom is 0.256 e. The molecule has 5 heteroatoms. The fourth-order valence-electron chi connectivity index (χ4n) is 1.96. The second-order valence-corrected chi connectivity index (χ2v) is 5.21. The summed E-state index contributed by atoms with van der Waals surface area (Å²) in [6, 6.07) is 0. The summed E-state index contributed by atoms with van der Waals surface area (Å²) in [5, 5.41) is 9.41. The fourth-order valence-corrected chi connectivity index (χ4v) is 1.96. The highest BCUT2D eigenvalue weighted by atomic mass is 16.1. The quantitative estimate of drug-likeness (QED) is 0.715. The Morgan fingerprint density at radius 2 is 2.31 bits per heavy atom. The van der Waals surface area contributed by atoms with Crippen LogP contribution in [-0.2, 0) is 0 Å². The van der Waals surface area contributed by atoms with Gasteiger partial charge in [-0.05, 0) is 24.7 Å². The lowest BCUT2D eigenvalue weighted by atomic mass is 10.1. The molecule has 1 aromatic heterocycles. The van der Waals surface area contributed by atoms with Crippen molar-refractivity contribution in [1.29, 1.82) is 0 Å². The molecule has 0 bridgehead atoms. The Morgan fingerprint density at radius 1 is 1.69 bits per heavy atom. The summed E-state index contributed by atoms with van der Waals surface area (Å²) >= 11 is 0. The van der Waals surface area contributed by atoms with E-state index < -0.39 is 0 Å². The number of nitrogens with one attached hydrogen (secondary N) is 2. The number of aromatic amines is 1. The third-order valence-electron chi connectivity index (χ3n) is 3.43. The number of aromatic nitrogens is 2. The van der Waals surface area contributed by atoms with E-state index in [0.29, 0.717) is 22.6 Å². The predicted molar refractivity (Wildman–Crippen MR) is 62.0 cm³/mol. The van der Waals surface area contributed by atoms with Crippen molar-refractivity contribution in [1.82, 2.24) is 15.5 Å². The number of hydrogen-bond donors (Lipinski definition) is 3. The molecule has 1 aliphatic carbocycles. The standard InChI is InChI=1S/C11H18N4O/c1-6-8(9(12)15-14-6)10(16)13-5-7-4-11(7,2)3/h7H,4-5H2,1-3H3,(H,13,16)(H3,12,14,15). The monoisotopic (exact) mass is 222 g/mol. The number of nitrogens with two attached hydrogens (primary N) is 1. The smallest absolute Gasteiger partial charge is 0.256 e. The predicted octanol–water partition coefficient (Wildman–Crippen LogP) is 1.08. The first-order valence-corrected chi connectivity index (χ1v) is 5.50. The van der Waals surface area contributed by atoms with Gasteiger partial charge in [0, 0.05) is 12.2 Å². The van der Waals surface area contributed by atoms with Crippen molar-refractivity contribution in [3.8, 4) is 0 Å². The zero-order valence-corrected chi connectivity index (χ0v) is 9.92. The van der Waals surface area contributed by atoms with Crippen LogP contribution in [0.2, 0.25) is 0 Å². The van der Waals surface area contributed by atoms with Gasteiger partial charge in [-0.2, -0.15) is 5.10 Å². The van der Waals surface area contributed by atoms with Crippen molar-refractivity contribution in [2.45, 2.75) is 27.2 Å². The largest absolute Gasteiger partial charge is 0.382 e. The van der Waals surface area contributed by atoms with Crippen LogP contribution in [0.15, 0.2) is 0 Å². The Bertz CT molecular complexity index is 402. The van der Waals surface area contributed by atoms with E-state index in [-0.39, 0.29) is 11.7 Å². The van der Waals surface area contributed by atoms with Crippen LogP contribution < -0.4 is 11.1 Å². The first-order valence-electron chi connectivity index (χ1n) is 5.50. The minimum absolute atomic E-state index is 0.133. The first kappa shape index (κ1) is 11.0.